The topological polar surface area (TPSA) is 44.1 Å². The fourth-order valence-electron chi connectivity index (χ4n) is 3.46. The second-order valence-electron chi connectivity index (χ2n) is 6.16. The molecule has 17 heavy (non-hydrogen) atoms. The van der Waals surface area contributed by atoms with Crippen LogP contribution in [0.4, 0.5) is 0 Å². The standard InChI is InChI=1S/C14H22N2O/c1-10(2)12-5-4-6-16(12)13(17)14(9-15)7-11(3)8-14/h10-12H,4-8H2,1-3H3. The van der Waals surface area contributed by atoms with Gasteiger partial charge in [0.05, 0.1) is 6.07 Å². The minimum Gasteiger partial charge on any atom is -0.338 e. The Balaban J connectivity index is 2.12. The summed E-state index contributed by atoms with van der Waals surface area (Å²) in [6, 6.07) is 2.64. The third-order valence-corrected chi connectivity index (χ3v) is 4.35. The van der Waals surface area contributed by atoms with Gasteiger partial charge < -0.3 is 4.90 Å². The molecular weight excluding hydrogens is 212 g/mol. The molecule has 94 valence electrons. The zero-order valence-corrected chi connectivity index (χ0v) is 11.1. The molecule has 3 heteroatoms. The van der Waals surface area contributed by atoms with Crippen molar-refractivity contribution < 1.29 is 4.79 Å². The van der Waals surface area contributed by atoms with Gasteiger partial charge in [0.15, 0.2) is 0 Å². The number of nitriles is 1. The molecule has 0 bridgehead atoms. The molecule has 3 nitrogen and oxygen atoms in total. The predicted molar refractivity (Wildman–Crippen MR) is 66.0 cm³/mol. The van der Waals surface area contributed by atoms with E-state index in [0.29, 0.717) is 17.9 Å². The van der Waals surface area contributed by atoms with E-state index in [1.807, 2.05) is 4.90 Å². The molecule has 0 aromatic carbocycles. The Labute approximate surface area is 104 Å². The highest BCUT2D eigenvalue weighted by Gasteiger charge is 2.52. The summed E-state index contributed by atoms with van der Waals surface area (Å²) in [6.07, 6.45) is 3.69. The first kappa shape index (κ1) is 12.4. The van der Waals surface area contributed by atoms with E-state index in [4.69, 9.17) is 0 Å². The number of amides is 1. The van der Waals surface area contributed by atoms with Crippen molar-refractivity contribution >= 4 is 5.91 Å². The molecule has 0 spiro atoms. The number of hydrogen-bond donors (Lipinski definition) is 0. The Hall–Kier alpha value is -1.04. The molecule has 1 aliphatic carbocycles. The molecule has 1 heterocycles. The summed E-state index contributed by atoms with van der Waals surface area (Å²) >= 11 is 0. The van der Waals surface area contributed by atoms with Gasteiger partial charge in [-0.3, -0.25) is 4.79 Å². The summed E-state index contributed by atoms with van der Waals surface area (Å²) in [7, 11) is 0. The number of rotatable bonds is 2. The van der Waals surface area contributed by atoms with Crippen molar-refractivity contribution in [1.29, 1.82) is 5.26 Å². The van der Waals surface area contributed by atoms with Crippen LogP contribution < -0.4 is 0 Å². The lowest BCUT2D eigenvalue weighted by molar-refractivity contribution is -0.147. The van der Waals surface area contributed by atoms with Gasteiger partial charge in [0.25, 0.3) is 0 Å². The quantitative estimate of drug-likeness (QED) is 0.737. The van der Waals surface area contributed by atoms with E-state index in [1.165, 1.54) is 0 Å². The molecular formula is C14H22N2O. The molecule has 1 unspecified atom stereocenters. The Kier molecular flexibility index (Phi) is 3.16. The van der Waals surface area contributed by atoms with E-state index in [1.54, 1.807) is 0 Å². The van der Waals surface area contributed by atoms with E-state index in [0.717, 1.165) is 32.2 Å². The van der Waals surface area contributed by atoms with Crippen LogP contribution >= 0.6 is 0 Å². The summed E-state index contributed by atoms with van der Waals surface area (Å²) in [5, 5.41) is 9.31. The lowest BCUT2D eigenvalue weighted by atomic mass is 9.62. The summed E-state index contributed by atoms with van der Waals surface area (Å²) in [6.45, 7) is 7.30. The van der Waals surface area contributed by atoms with Crippen LogP contribution in [-0.4, -0.2) is 23.4 Å². The second-order valence-corrected chi connectivity index (χ2v) is 6.16. The van der Waals surface area contributed by atoms with Gasteiger partial charge in [0.2, 0.25) is 5.91 Å². The first-order valence-electron chi connectivity index (χ1n) is 6.72. The summed E-state index contributed by atoms with van der Waals surface area (Å²) < 4.78 is 0. The molecule has 0 N–H and O–H groups in total. The van der Waals surface area contributed by atoms with Crippen LogP contribution in [-0.2, 0) is 4.79 Å². The number of carbonyl (C=O) groups is 1. The van der Waals surface area contributed by atoms with Crippen molar-refractivity contribution in [2.45, 2.75) is 52.5 Å². The van der Waals surface area contributed by atoms with Crippen molar-refractivity contribution in [2.24, 2.45) is 17.3 Å². The van der Waals surface area contributed by atoms with Gasteiger partial charge in [-0.05, 0) is 37.5 Å². The number of nitrogens with zero attached hydrogens (tertiary/aromatic N) is 2. The van der Waals surface area contributed by atoms with Crippen LogP contribution in [0.15, 0.2) is 0 Å². The molecule has 2 rings (SSSR count). The van der Waals surface area contributed by atoms with E-state index in [-0.39, 0.29) is 5.91 Å². The molecule has 1 atom stereocenters. The monoisotopic (exact) mass is 234 g/mol. The Morgan fingerprint density at radius 2 is 2.12 bits per heavy atom. The largest absolute Gasteiger partial charge is 0.338 e. The Morgan fingerprint density at radius 1 is 1.47 bits per heavy atom. The Bertz CT molecular complexity index is 350. The highest BCUT2D eigenvalue weighted by molar-refractivity contribution is 5.87. The minimum atomic E-state index is -0.684. The number of likely N-dealkylation sites (tertiary alicyclic amines) is 1. The molecule has 0 aromatic rings. The van der Waals surface area contributed by atoms with Crippen LogP contribution in [0.5, 0.6) is 0 Å². The fourth-order valence-corrected chi connectivity index (χ4v) is 3.46. The van der Waals surface area contributed by atoms with Gasteiger partial charge >= 0.3 is 0 Å². The van der Waals surface area contributed by atoms with Crippen LogP contribution in [0.3, 0.4) is 0 Å². The molecule has 0 aromatic heterocycles. The van der Waals surface area contributed by atoms with E-state index in [9.17, 15) is 10.1 Å². The van der Waals surface area contributed by atoms with Crippen molar-refractivity contribution in [3.63, 3.8) is 0 Å². The first-order valence-corrected chi connectivity index (χ1v) is 6.72. The zero-order chi connectivity index (χ0) is 12.6. The first-order chi connectivity index (χ1) is 8.00. The van der Waals surface area contributed by atoms with Crippen molar-refractivity contribution in [2.75, 3.05) is 6.54 Å². The van der Waals surface area contributed by atoms with Crippen molar-refractivity contribution in [3.05, 3.63) is 0 Å². The SMILES string of the molecule is CC1CC(C#N)(C(=O)N2CCCC2C(C)C)C1. The number of hydrogen-bond acceptors (Lipinski definition) is 2. The van der Waals surface area contributed by atoms with Crippen molar-refractivity contribution in [1.82, 2.24) is 4.90 Å². The highest BCUT2D eigenvalue weighted by Crippen LogP contribution is 2.47. The highest BCUT2D eigenvalue weighted by atomic mass is 16.2. The zero-order valence-electron chi connectivity index (χ0n) is 11.1. The average molecular weight is 234 g/mol. The smallest absolute Gasteiger partial charge is 0.243 e. The third-order valence-electron chi connectivity index (χ3n) is 4.35. The molecule has 1 amide bonds. The average Bonchev–Trinajstić information content (AvgIpc) is 2.72. The van der Waals surface area contributed by atoms with E-state index >= 15 is 0 Å². The summed E-state index contributed by atoms with van der Waals surface area (Å²) in [4.78, 5) is 14.5. The maximum absolute atomic E-state index is 12.5. The van der Waals surface area contributed by atoms with Gasteiger partial charge in [-0.2, -0.15) is 5.26 Å². The summed E-state index contributed by atoms with van der Waals surface area (Å²) in [5.41, 5.74) is -0.684. The lowest BCUT2D eigenvalue weighted by Crippen LogP contribution is -2.52. The van der Waals surface area contributed by atoms with Gasteiger partial charge in [-0.25, -0.2) is 0 Å². The van der Waals surface area contributed by atoms with Crippen molar-refractivity contribution in [3.8, 4) is 6.07 Å². The molecule has 2 fully saturated rings. The second kappa shape index (κ2) is 4.33. The van der Waals surface area contributed by atoms with Gasteiger partial charge in [-0.15, -0.1) is 0 Å². The van der Waals surface area contributed by atoms with E-state index in [2.05, 4.69) is 26.8 Å². The van der Waals surface area contributed by atoms with Gasteiger partial charge in [0, 0.05) is 12.6 Å². The Morgan fingerprint density at radius 3 is 2.59 bits per heavy atom. The molecule has 1 saturated carbocycles. The minimum absolute atomic E-state index is 0.106. The fraction of sp³-hybridized carbons (Fsp3) is 0.857. The molecule has 1 aliphatic heterocycles. The van der Waals surface area contributed by atoms with Crippen LogP contribution in [0.2, 0.25) is 0 Å². The third kappa shape index (κ3) is 1.94. The lowest BCUT2D eigenvalue weighted by Gasteiger charge is -2.43. The maximum atomic E-state index is 12.5. The maximum Gasteiger partial charge on any atom is 0.243 e. The molecule has 2 aliphatic rings. The number of carbonyl (C=O) groups excluding carboxylic acids is 1. The van der Waals surface area contributed by atoms with Crippen LogP contribution in [0.25, 0.3) is 0 Å². The van der Waals surface area contributed by atoms with E-state index < -0.39 is 5.41 Å². The van der Waals surface area contributed by atoms with Gasteiger partial charge in [0.1, 0.15) is 5.41 Å². The predicted octanol–water partition coefficient (Wildman–Crippen LogP) is 2.57. The van der Waals surface area contributed by atoms with Gasteiger partial charge in [-0.1, -0.05) is 20.8 Å². The van der Waals surface area contributed by atoms with Crippen LogP contribution in [0.1, 0.15) is 46.5 Å². The molecule has 1 saturated heterocycles. The van der Waals surface area contributed by atoms with Crippen LogP contribution in [0, 0.1) is 28.6 Å². The normalized spacial score (nSPS) is 36.8. The molecule has 0 radical (unpaired) electrons. The summed E-state index contributed by atoms with van der Waals surface area (Å²) in [5.74, 6) is 1.13.